The van der Waals surface area contributed by atoms with Gasteiger partial charge >= 0.3 is 16.8 Å². The second-order valence-electron chi connectivity index (χ2n) is 8.60. The number of aromatic nitrogens is 1. The number of nitrogens with one attached hydrogen (secondary N) is 2. The summed E-state index contributed by atoms with van der Waals surface area (Å²) < 4.78 is 67.1. The molecule has 0 bridgehead atoms. The normalized spacial score (nSPS) is 14.7. The topological polar surface area (TPSA) is 101 Å². The Kier molecular flexibility index (Phi) is 8.20. The number of fused-ring (bicyclic) bond motifs is 2. The first kappa shape index (κ1) is 26.7. The molecule has 0 saturated heterocycles. The SMILES string of the molecule is O=C(/C=C/c1c[nH]c2ccccc12)NCCCCN1CCc2ccc(OS(=O)(=O)OC(F)(F)F)cc2C1. The Morgan fingerprint density at radius 1 is 1.14 bits per heavy atom. The number of hydrogen-bond donors (Lipinski definition) is 2. The number of halogens is 3. The lowest BCUT2D eigenvalue weighted by Crippen LogP contribution is -2.32. The van der Waals surface area contributed by atoms with Crippen molar-refractivity contribution in [3.05, 3.63) is 71.4 Å². The zero-order chi connectivity index (χ0) is 26.5. The highest BCUT2D eigenvalue weighted by Gasteiger charge is 2.38. The zero-order valence-electron chi connectivity index (χ0n) is 19.8. The van der Waals surface area contributed by atoms with E-state index in [9.17, 15) is 26.4 Å². The summed E-state index contributed by atoms with van der Waals surface area (Å²) in [5.41, 5.74) is 3.70. The Bertz CT molecular complexity index is 1390. The highest BCUT2D eigenvalue weighted by molar-refractivity contribution is 7.82. The Morgan fingerprint density at radius 2 is 1.95 bits per heavy atom. The van der Waals surface area contributed by atoms with Crippen LogP contribution in [0.2, 0.25) is 0 Å². The number of alkyl halides is 3. The van der Waals surface area contributed by atoms with Gasteiger partial charge in [-0.3, -0.25) is 9.69 Å². The third kappa shape index (κ3) is 7.81. The fourth-order valence-electron chi connectivity index (χ4n) is 4.21. The van der Waals surface area contributed by atoms with Gasteiger partial charge in [-0.1, -0.05) is 24.3 Å². The molecule has 2 aromatic carbocycles. The number of carbonyl (C=O) groups excluding carboxylic acids is 1. The lowest BCUT2D eigenvalue weighted by molar-refractivity contribution is -0.274. The van der Waals surface area contributed by atoms with Gasteiger partial charge in [0.15, 0.2) is 0 Å². The predicted octanol–water partition coefficient (Wildman–Crippen LogP) is 4.30. The first-order chi connectivity index (χ1) is 17.6. The molecule has 1 aromatic heterocycles. The Morgan fingerprint density at radius 3 is 2.76 bits per heavy atom. The quantitative estimate of drug-likeness (QED) is 0.296. The maximum Gasteiger partial charge on any atom is 0.539 e. The van der Waals surface area contributed by atoms with Crippen LogP contribution >= 0.6 is 0 Å². The van der Waals surface area contributed by atoms with Crippen molar-refractivity contribution in [1.29, 1.82) is 0 Å². The number of carbonyl (C=O) groups is 1. The number of rotatable bonds is 10. The molecule has 198 valence electrons. The summed E-state index contributed by atoms with van der Waals surface area (Å²) in [5.74, 6) is -0.414. The molecule has 3 aromatic rings. The molecule has 0 saturated carbocycles. The summed E-state index contributed by atoms with van der Waals surface area (Å²) in [4.78, 5) is 17.5. The van der Waals surface area contributed by atoms with Gasteiger partial charge in [0, 0.05) is 42.8 Å². The van der Waals surface area contributed by atoms with Gasteiger partial charge in [-0.15, -0.1) is 17.4 Å². The van der Waals surface area contributed by atoms with Crippen LogP contribution in [0.3, 0.4) is 0 Å². The van der Waals surface area contributed by atoms with Crippen LogP contribution in [0.15, 0.2) is 54.7 Å². The summed E-state index contributed by atoms with van der Waals surface area (Å²) in [6, 6.07) is 12.2. The van der Waals surface area contributed by atoms with Gasteiger partial charge in [-0.2, -0.15) is 8.42 Å². The molecule has 0 aliphatic carbocycles. The number of para-hydroxylation sites is 1. The molecular weight excluding hydrogens is 511 g/mol. The summed E-state index contributed by atoms with van der Waals surface area (Å²) in [7, 11) is -5.27. The number of unbranched alkanes of at least 4 members (excludes halogenated alkanes) is 1. The first-order valence-corrected chi connectivity index (χ1v) is 13.0. The van der Waals surface area contributed by atoms with Crippen molar-refractivity contribution >= 4 is 33.3 Å². The van der Waals surface area contributed by atoms with Crippen molar-refractivity contribution < 1.29 is 34.7 Å². The smallest absolute Gasteiger partial charge is 0.361 e. The van der Waals surface area contributed by atoms with E-state index >= 15 is 0 Å². The average molecular weight is 538 g/mol. The molecule has 2 N–H and O–H groups in total. The van der Waals surface area contributed by atoms with Crippen molar-refractivity contribution in [2.75, 3.05) is 19.6 Å². The predicted molar refractivity (Wildman–Crippen MR) is 132 cm³/mol. The first-order valence-electron chi connectivity index (χ1n) is 11.7. The molecule has 1 aliphatic rings. The van der Waals surface area contributed by atoms with E-state index in [4.69, 9.17) is 0 Å². The van der Waals surface area contributed by atoms with E-state index in [-0.39, 0.29) is 11.7 Å². The van der Waals surface area contributed by atoms with Gasteiger partial charge in [-0.25, -0.2) is 0 Å². The molecule has 8 nitrogen and oxygen atoms in total. The van der Waals surface area contributed by atoms with Crippen molar-refractivity contribution in [2.24, 2.45) is 0 Å². The van der Waals surface area contributed by atoms with Crippen LogP contribution in [-0.2, 0) is 32.3 Å². The summed E-state index contributed by atoms with van der Waals surface area (Å²) in [6.07, 6.45) is 2.09. The summed E-state index contributed by atoms with van der Waals surface area (Å²) in [6.45, 7) is 2.58. The third-order valence-corrected chi connectivity index (χ3v) is 6.69. The minimum atomic E-state index is -5.36. The summed E-state index contributed by atoms with van der Waals surface area (Å²) in [5, 5.41) is 3.92. The van der Waals surface area contributed by atoms with E-state index in [1.54, 1.807) is 12.1 Å². The molecule has 4 rings (SSSR count). The molecule has 37 heavy (non-hydrogen) atoms. The summed E-state index contributed by atoms with van der Waals surface area (Å²) >= 11 is 0. The standard InChI is InChI=1S/C25H26F3N3O5S/c26-25(27,28)36-37(33,34)35-21-9-7-18-11-14-31(17-20(18)15-21)13-4-3-12-29-24(32)10-8-19-16-30-23-6-2-1-5-22(19)23/h1-2,5-10,15-16,30H,3-4,11-14,17H2,(H,29,32)/b10-8+. The monoisotopic (exact) mass is 537 g/mol. The molecule has 0 fully saturated rings. The number of nitrogens with zero attached hydrogens (tertiary/aromatic N) is 1. The molecule has 0 unspecified atom stereocenters. The molecular formula is C25H26F3N3O5S. The maximum atomic E-state index is 12.2. The zero-order valence-corrected chi connectivity index (χ0v) is 20.6. The van der Waals surface area contributed by atoms with Crippen LogP contribution in [0.25, 0.3) is 17.0 Å². The highest BCUT2D eigenvalue weighted by Crippen LogP contribution is 2.27. The lowest BCUT2D eigenvalue weighted by Gasteiger charge is -2.29. The number of hydrogen-bond acceptors (Lipinski definition) is 6. The minimum absolute atomic E-state index is 0.172. The highest BCUT2D eigenvalue weighted by atomic mass is 32.3. The molecule has 1 aliphatic heterocycles. The van der Waals surface area contributed by atoms with Gasteiger partial charge in [0.05, 0.1) is 0 Å². The third-order valence-electron chi connectivity index (χ3n) is 5.90. The van der Waals surface area contributed by atoms with E-state index < -0.39 is 16.8 Å². The van der Waals surface area contributed by atoms with E-state index in [0.717, 1.165) is 59.9 Å². The van der Waals surface area contributed by atoms with Gasteiger partial charge < -0.3 is 14.5 Å². The Labute approximate surface area is 212 Å². The Balaban J connectivity index is 1.20. The van der Waals surface area contributed by atoms with Gasteiger partial charge in [0.25, 0.3) is 0 Å². The number of benzene rings is 2. The molecule has 12 heteroatoms. The van der Waals surface area contributed by atoms with Gasteiger partial charge in [0.1, 0.15) is 5.75 Å². The van der Waals surface area contributed by atoms with Gasteiger partial charge in [0.2, 0.25) is 5.91 Å². The van der Waals surface area contributed by atoms with Crippen LogP contribution in [0, 0.1) is 0 Å². The van der Waals surface area contributed by atoms with E-state index in [1.807, 2.05) is 30.5 Å². The van der Waals surface area contributed by atoms with Crippen molar-refractivity contribution in [3.8, 4) is 5.75 Å². The molecule has 0 spiro atoms. The fourth-order valence-corrected chi connectivity index (χ4v) is 4.82. The van der Waals surface area contributed by atoms with Gasteiger partial charge in [-0.05, 0) is 66.8 Å². The number of H-pyrrole nitrogens is 1. The van der Waals surface area contributed by atoms with E-state index in [1.165, 1.54) is 18.2 Å². The van der Waals surface area contributed by atoms with Crippen LogP contribution in [0.4, 0.5) is 13.2 Å². The van der Waals surface area contributed by atoms with E-state index in [2.05, 4.69) is 23.6 Å². The lowest BCUT2D eigenvalue weighted by atomic mass is 9.99. The van der Waals surface area contributed by atoms with Crippen LogP contribution in [0.5, 0.6) is 5.75 Å². The van der Waals surface area contributed by atoms with Crippen molar-refractivity contribution in [1.82, 2.24) is 15.2 Å². The van der Waals surface area contributed by atoms with Crippen molar-refractivity contribution in [3.63, 3.8) is 0 Å². The van der Waals surface area contributed by atoms with Crippen LogP contribution in [-0.4, -0.2) is 50.2 Å². The minimum Gasteiger partial charge on any atom is -0.361 e. The molecule has 1 amide bonds. The van der Waals surface area contributed by atoms with Crippen molar-refractivity contribution in [2.45, 2.75) is 32.2 Å². The molecule has 2 heterocycles. The largest absolute Gasteiger partial charge is 0.539 e. The second-order valence-corrected chi connectivity index (χ2v) is 9.75. The van der Waals surface area contributed by atoms with Crippen LogP contribution < -0.4 is 9.50 Å². The average Bonchev–Trinajstić information content (AvgIpc) is 3.23. The maximum absolute atomic E-state index is 12.2. The van der Waals surface area contributed by atoms with E-state index in [0.29, 0.717) is 13.1 Å². The van der Waals surface area contributed by atoms with Crippen LogP contribution in [0.1, 0.15) is 29.5 Å². The Hall–Kier alpha value is -3.35. The number of amides is 1. The fraction of sp³-hybridized carbons (Fsp3) is 0.320. The molecule has 0 atom stereocenters. The molecule has 0 radical (unpaired) electrons. The number of aromatic amines is 1. The second kappa shape index (κ2) is 11.4.